The minimum absolute atomic E-state index is 0.00148. The second-order valence-corrected chi connectivity index (χ2v) is 26.3. The first kappa shape index (κ1) is 62.3. The molecule has 4 fully saturated rings. The van der Waals surface area contributed by atoms with Gasteiger partial charge in [-0.25, -0.2) is 0 Å². The fourth-order valence-electron chi connectivity index (χ4n) is 13.0. The van der Waals surface area contributed by atoms with E-state index in [0.29, 0.717) is 139 Å². The van der Waals surface area contributed by atoms with E-state index in [-0.39, 0.29) is 83.5 Å². The van der Waals surface area contributed by atoms with Gasteiger partial charge in [-0.2, -0.15) is 0 Å². The number of rotatable bonds is 18. The zero-order chi connectivity index (χ0) is 62.0. The molecular formula is C66H86N12O10. The van der Waals surface area contributed by atoms with Crippen LogP contribution in [0, 0.1) is 13.8 Å². The first-order valence-electron chi connectivity index (χ1n) is 31.0. The summed E-state index contributed by atoms with van der Waals surface area (Å²) in [5.41, 5.74) is 5.04. The third-order valence-corrected chi connectivity index (χ3v) is 18.0. The quantitative estimate of drug-likeness (QED) is 0.0731. The monoisotopic (exact) mass is 1210 g/mol. The number of benzene rings is 3. The number of anilines is 2. The van der Waals surface area contributed by atoms with Crippen molar-refractivity contribution < 1.29 is 38.1 Å². The number of H-pyrrole nitrogens is 2. The first-order chi connectivity index (χ1) is 42.1. The predicted molar refractivity (Wildman–Crippen MR) is 336 cm³/mol. The van der Waals surface area contributed by atoms with Gasteiger partial charge in [-0.1, -0.05) is 87.4 Å². The summed E-state index contributed by atoms with van der Waals surface area (Å²) in [5, 5.41) is 13.3. The van der Waals surface area contributed by atoms with E-state index in [1.54, 1.807) is 21.9 Å². The van der Waals surface area contributed by atoms with Crippen LogP contribution in [0.5, 0.6) is 23.0 Å². The lowest BCUT2D eigenvalue weighted by molar-refractivity contribution is -0.139. The largest absolute Gasteiger partial charge is 0.451 e. The summed E-state index contributed by atoms with van der Waals surface area (Å²) >= 11 is 0. The minimum atomic E-state index is -0.665. The number of amides is 4. The highest BCUT2D eigenvalue weighted by Gasteiger charge is 2.44. The number of carbonyl (C=O) groups excluding carboxylic acids is 4. The minimum Gasteiger partial charge on any atom is -0.451 e. The van der Waals surface area contributed by atoms with Crippen molar-refractivity contribution in [2.75, 3.05) is 115 Å². The van der Waals surface area contributed by atoms with Crippen LogP contribution in [-0.4, -0.2) is 194 Å². The number of morpholine rings is 2. The number of carbonyl (C=O) groups is 4. The Morgan fingerprint density at radius 3 is 1.34 bits per heavy atom. The highest BCUT2D eigenvalue weighted by Crippen LogP contribution is 2.42. The molecule has 2 aromatic heterocycles. The molecule has 4 amide bonds. The molecule has 22 nitrogen and oxygen atoms in total. The molecule has 0 aliphatic carbocycles. The van der Waals surface area contributed by atoms with Crippen LogP contribution < -0.4 is 51.7 Å². The van der Waals surface area contributed by atoms with E-state index in [9.17, 15) is 28.8 Å². The number of aryl methyl sites for hydroxylation is 2. The molecule has 6 aliphatic rings. The summed E-state index contributed by atoms with van der Waals surface area (Å²) < 4.78 is 24.1. The molecule has 22 heteroatoms. The van der Waals surface area contributed by atoms with Crippen LogP contribution in [0.4, 0.5) is 11.4 Å². The fourth-order valence-corrected chi connectivity index (χ4v) is 13.0. The molecule has 88 heavy (non-hydrogen) atoms. The lowest BCUT2D eigenvalue weighted by Crippen LogP contribution is -2.62. The molecule has 6 N–H and O–H groups in total. The third kappa shape index (κ3) is 14.6. The summed E-state index contributed by atoms with van der Waals surface area (Å²) in [4.78, 5) is 101. The van der Waals surface area contributed by atoms with Gasteiger partial charge in [0.05, 0.1) is 37.7 Å². The van der Waals surface area contributed by atoms with Gasteiger partial charge in [0, 0.05) is 150 Å². The summed E-state index contributed by atoms with van der Waals surface area (Å²) in [7, 11) is 0. The average molecular weight is 1210 g/mol. The molecule has 0 spiro atoms. The van der Waals surface area contributed by atoms with Crippen LogP contribution in [0.1, 0.15) is 75.2 Å². The maximum absolute atomic E-state index is 14.4. The van der Waals surface area contributed by atoms with Crippen molar-refractivity contribution in [2.24, 2.45) is 0 Å². The van der Waals surface area contributed by atoms with Crippen molar-refractivity contribution in [3.8, 4) is 23.0 Å². The molecule has 5 aromatic rings. The van der Waals surface area contributed by atoms with Gasteiger partial charge in [-0.3, -0.25) is 48.4 Å². The van der Waals surface area contributed by atoms with Crippen LogP contribution in [0.25, 0.3) is 0 Å². The van der Waals surface area contributed by atoms with E-state index in [1.807, 2.05) is 114 Å². The van der Waals surface area contributed by atoms with E-state index in [1.165, 1.54) is 0 Å². The molecule has 4 saturated heterocycles. The Balaban J connectivity index is 0.629. The standard InChI is InChI=1S/C66H86N12O10/c1-41-9-17-49(18-10-41)87-53-25-51-59(71-63(53)83)65(5,6)39-77(51)57(79)37-75-31-43(3)67-29-47(75)33-73-21-23-85-55(35-73)61(81)69-27-45-13-15-46(16-14-45)28-70-62(82)56-36-74(22-24-86-56)34-48-30-68-44(4)32-76(48)38-58(80)78-40-66(7,8)60-52(78)26-54(64(84)72-60)88-50-19-11-42(2)12-20-50/h9-20,25-26,43-44,47-48,55-56,67-68H,21-24,27-40H2,1-8H3,(H,69,81)(H,70,82)(H,71,83)(H,72,84)/t43-,44-,47-,48-,55+,56+/m1/s1. The van der Waals surface area contributed by atoms with Crippen molar-refractivity contribution >= 4 is 35.0 Å². The summed E-state index contributed by atoms with van der Waals surface area (Å²) in [6.45, 7) is 25.0. The van der Waals surface area contributed by atoms with Crippen molar-refractivity contribution in [1.29, 1.82) is 0 Å². The summed E-state index contributed by atoms with van der Waals surface area (Å²) in [6.07, 6.45) is -1.33. The number of aromatic nitrogens is 2. The summed E-state index contributed by atoms with van der Waals surface area (Å²) in [6, 6.07) is 26.5. The molecule has 0 bridgehead atoms. The lowest BCUT2D eigenvalue weighted by Gasteiger charge is -2.43. The lowest BCUT2D eigenvalue weighted by atomic mass is 9.91. The zero-order valence-electron chi connectivity index (χ0n) is 52.0. The Morgan fingerprint density at radius 2 is 0.955 bits per heavy atom. The van der Waals surface area contributed by atoms with E-state index < -0.39 is 23.0 Å². The van der Waals surface area contributed by atoms with Gasteiger partial charge >= 0.3 is 0 Å². The van der Waals surface area contributed by atoms with Crippen LogP contribution >= 0.6 is 0 Å². The number of piperazine rings is 2. The van der Waals surface area contributed by atoms with Gasteiger partial charge in [-0.15, -0.1) is 0 Å². The Kier molecular flexibility index (Phi) is 18.7. The predicted octanol–water partition coefficient (Wildman–Crippen LogP) is 3.87. The highest BCUT2D eigenvalue weighted by molar-refractivity contribution is 5.98. The summed E-state index contributed by atoms with van der Waals surface area (Å²) in [5.74, 6) is 0.826. The van der Waals surface area contributed by atoms with Gasteiger partial charge in [0.15, 0.2) is 11.5 Å². The van der Waals surface area contributed by atoms with E-state index in [4.69, 9.17) is 18.9 Å². The van der Waals surface area contributed by atoms with Gasteiger partial charge < -0.3 is 60.0 Å². The fraction of sp³-hybridized carbons (Fsp3) is 0.515. The number of hydrogen-bond acceptors (Lipinski definition) is 16. The van der Waals surface area contributed by atoms with Gasteiger partial charge in [0.2, 0.25) is 11.8 Å². The second-order valence-electron chi connectivity index (χ2n) is 26.3. The van der Waals surface area contributed by atoms with E-state index >= 15 is 0 Å². The van der Waals surface area contributed by atoms with Crippen molar-refractivity contribution in [1.82, 2.24) is 50.8 Å². The second kappa shape index (κ2) is 26.4. The van der Waals surface area contributed by atoms with Crippen LogP contribution in [0.2, 0.25) is 0 Å². The molecule has 11 rings (SSSR count). The number of ether oxygens (including phenoxy) is 4. The van der Waals surface area contributed by atoms with E-state index in [0.717, 1.165) is 22.3 Å². The highest BCUT2D eigenvalue weighted by atomic mass is 16.5. The molecule has 470 valence electrons. The molecule has 0 unspecified atom stereocenters. The number of pyridine rings is 2. The van der Waals surface area contributed by atoms with Gasteiger partial charge in [0.25, 0.3) is 22.9 Å². The zero-order valence-corrected chi connectivity index (χ0v) is 52.0. The number of aromatic amines is 2. The van der Waals surface area contributed by atoms with Crippen molar-refractivity contribution in [3.63, 3.8) is 0 Å². The molecular weight excluding hydrogens is 1120 g/mol. The molecule has 0 radical (unpaired) electrons. The van der Waals surface area contributed by atoms with Crippen LogP contribution in [0.3, 0.4) is 0 Å². The SMILES string of the molecule is Cc1ccc(Oc2cc3c([nH]c2=O)C(C)(C)CN3C(=O)CN2C[C@@H](C)NC[C@@H]2CN2CCO[C@H](C(=O)NCc3ccc(CNC(=O)[C@@H]4CN(C[C@H]5CN[C@H](C)CN5CC(=O)N5CC(C)(C)c6[nH]c(=O)c(Oc7ccc(C)cc7)cc65)CCO4)cc3)C2)cc1. The molecule has 0 saturated carbocycles. The Hall–Kier alpha value is -7.28. The van der Waals surface area contributed by atoms with Crippen molar-refractivity contribution in [2.45, 2.75) is 116 Å². The topological polar surface area (TPSA) is 238 Å². The maximum Gasteiger partial charge on any atom is 0.291 e. The third-order valence-electron chi connectivity index (χ3n) is 18.0. The number of nitrogens with zero attached hydrogens (tertiary/aromatic N) is 6. The molecule has 3 aromatic carbocycles. The number of nitrogens with one attached hydrogen (secondary N) is 6. The Labute approximate surface area is 514 Å². The average Bonchev–Trinajstić information content (AvgIpc) is 1.83. The Bertz CT molecular complexity index is 3240. The van der Waals surface area contributed by atoms with Crippen LogP contribution in [0.15, 0.2) is 94.5 Å². The maximum atomic E-state index is 14.4. The first-order valence-corrected chi connectivity index (χ1v) is 31.0. The Morgan fingerprint density at radius 1 is 0.568 bits per heavy atom. The van der Waals surface area contributed by atoms with E-state index in [2.05, 4.69) is 64.7 Å². The molecule has 6 atom stereocenters. The smallest absolute Gasteiger partial charge is 0.291 e. The molecule has 8 heterocycles. The van der Waals surface area contributed by atoms with Crippen LogP contribution in [-0.2, 0) is 52.6 Å². The normalized spacial score (nSPS) is 23.9. The van der Waals surface area contributed by atoms with Crippen molar-refractivity contribution in [3.05, 3.63) is 139 Å². The van der Waals surface area contributed by atoms with Gasteiger partial charge in [0.1, 0.15) is 23.7 Å². The van der Waals surface area contributed by atoms with Gasteiger partial charge in [-0.05, 0) is 63.1 Å². The number of fused-ring (bicyclic) bond motifs is 2. The number of hydrogen-bond donors (Lipinski definition) is 6. The molecule has 6 aliphatic heterocycles.